The largest absolute Gasteiger partial charge is 0.313 e. The maximum absolute atomic E-state index is 3.44. The predicted octanol–water partition coefficient (Wildman–Crippen LogP) is 4.44. The molecule has 1 heterocycles. The molecule has 0 saturated heterocycles. The summed E-state index contributed by atoms with van der Waals surface area (Å²) in [6.45, 7) is 7.51. The monoisotopic (exact) mass is 302 g/mol. The number of rotatable bonds is 8. The van der Waals surface area contributed by atoms with Crippen LogP contribution in [0.3, 0.4) is 0 Å². The quantitative estimate of drug-likeness (QED) is 0.725. The minimum Gasteiger partial charge on any atom is -0.313 e. The smallest absolute Gasteiger partial charge is 0.0413 e. The fourth-order valence-corrected chi connectivity index (χ4v) is 3.19. The van der Waals surface area contributed by atoms with Crippen LogP contribution in [0.4, 0.5) is 0 Å². The number of nitrogens with one attached hydrogen (secondary N) is 1. The second-order valence-electron chi connectivity index (χ2n) is 5.60. The fourth-order valence-electron chi connectivity index (χ4n) is 2.34. The third-order valence-corrected chi connectivity index (χ3v) is 4.87. The highest BCUT2D eigenvalue weighted by molar-refractivity contribution is 7.10. The highest BCUT2D eigenvalue weighted by atomic mass is 32.1. The van der Waals surface area contributed by atoms with E-state index in [1.807, 2.05) is 11.3 Å². The maximum Gasteiger partial charge on any atom is 0.0413 e. The molecule has 1 aromatic heterocycles. The predicted molar refractivity (Wildman–Crippen MR) is 92.6 cm³/mol. The first-order valence-corrected chi connectivity index (χ1v) is 8.61. The Hall–Kier alpha value is -1.16. The van der Waals surface area contributed by atoms with Gasteiger partial charge in [-0.3, -0.25) is 4.90 Å². The third-order valence-electron chi connectivity index (χ3n) is 3.83. The summed E-state index contributed by atoms with van der Waals surface area (Å²) < 4.78 is 0. The van der Waals surface area contributed by atoms with Crippen LogP contribution in [0.5, 0.6) is 0 Å². The van der Waals surface area contributed by atoms with E-state index in [9.17, 15) is 0 Å². The van der Waals surface area contributed by atoms with E-state index in [4.69, 9.17) is 0 Å². The molecular formula is C18H26N2S. The van der Waals surface area contributed by atoms with Gasteiger partial charge in [0.15, 0.2) is 0 Å². The Labute approximate surface area is 132 Å². The van der Waals surface area contributed by atoms with E-state index < -0.39 is 0 Å². The molecular weight excluding hydrogens is 276 g/mol. The van der Waals surface area contributed by atoms with Gasteiger partial charge < -0.3 is 5.32 Å². The average molecular weight is 302 g/mol. The summed E-state index contributed by atoms with van der Waals surface area (Å²) in [7, 11) is 2.20. The number of nitrogens with zero attached hydrogens (tertiary/aromatic N) is 1. The number of hydrogen-bond acceptors (Lipinski definition) is 3. The summed E-state index contributed by atoms with van der Waals surface area (Å²) in [6.07, 6.45) is 1.18. The van der Waals surface area contributed by atoms with Gasteiger partial charge in [0.25, 0.3) is 0 Å². The lowest BCUT2D eigenvalue weighted by molar-refractivity contribution is 0.256. The third kappa shape index (κ3) is 4.95. The van der Waals surface area contributed by atoms with Crippen LogP contribution in [-0.2, 0) is 13.1 Å². The lowest BCUT2D eigenvalue weighted by Crippen LogP contribution is -2.21. The minimum absolute atomic E-state index is 0.468. The van der Waals surface area contributed by atoms with Crippen molar-refractivity contribution in [3.63, 3.8) is 0 Å². The van der Waals surface area contributed by atoms with Crippen LogP contribution in [0.25, 0.3) is 0 Å². The molecule has 0 amide bonds. The van der Waals surface area contributed by atoms with Gasteiger partial charge in [0.05, 0.1) is 0 Å². The van der Waals surface area contributed by atoms with E-state index >= 15 is 0 Å². The van der Waals surface area contributed by atoms with Gasteiger partial charge in [0.1, 0.15) is 0 Å². The summed E-state index contributed by atoms with van der Waals surface area (Å²) in [6, 6.07) is 13.8. The Balaban J connectivity index is 1.87. The Bertz CT molecular complexity index is 505. The molecule has 0 bridgehead atoms. The van der Waals surface area contributed by atoms with Crippen molar-refractivity contribution in [2.75, 3.05) is 13.6 Å². The van der Waals surface area contributed by atoms with Crippen molar-refractivity contribution in [1.82, 2.24) is 10.2 Å². The van der Waals surface area contributed by atoms with Crippen molar-refractivity contribution in [1.29, 1.82) is 0 Å². The van der Waals surface area contributed by atoms with Crippen LogP contribution in [0.15, 0.2) is 41.8 Å². The first-order valence-electron chi connectivity index (χ1n) is 7.73. The molecule has 1 unspecified atom stereocenters. The van der Waals surface area contributed by atoms with Crippen molar-refractivity contribution in [3.05, 3.63) is 57.8 Å². The van der Waals surface area contributed by atoms with Gasteiger partial charge in [0.2, 0.25) is 0 Å². The summed E-state index contributed by atoms with van der Waals surface area (Å²) >= 11 is 1.83. The second kappa shape index (κ2) is 8.32. The standard InChI is InChI=1S/C18H26N2S/c1-4-11-19-13-16-7-9-17(10-8-16)14-20(3)15(2)18-6-5-12-21-18/h5-10,12,15,19H,4,11,13-14H2,1-3H3. The zero-order valence-corrected chi connectivity index (χ0v) is 14.1. The molecule has 0 radical (unpaired) electrons. The van der Waals surface area contributed by atoms with Crippen molar-refractivity contribution in [2.24, 2.45) is 0 Å². The molecule has 0 aliphatic rings. The van der Waals surface area contributed by atoms with Gasteiger partial charge in [-0.1, -0.05) is 37.3 Å². The molecule has 1 atom stereocenters. The molecule has 3 heteroatoms. The van der Waals surface area contributed by atoms with Crippen LogP contribution in [0.1, 0.15) is 42.3 Å². The highest BCUT2D eigenvalue weighted by Crippen LogP contribution is 2.24. The first kappa shape index (κ1) is 16.2. The summed E-state index contributed by atoms with van der Waals surface area (Å²) in [5, 5.41) is 5.59. The second-order valence-corrected chi connectivity index (χ2v) is 6.58. The number of benzene rings is 1. The summed E-state index contributed by atoms with van der Waals surface area (Å²) in [4.78, 5) is 3.83. The van der Waals surface area contributed by atoms with Crippen LogP contribution in [-0.4, -0.2) is 18.5 Å². The molecule has 0 saturated carbocycles. The number of thiophene rings is 1. The molecule has 2 nitrogen and oxygen atoms in total. The molecule has 0 aliphatic heterocycles. The van der Waals surface area contributed by atoms with Gasteiger partial charge in [-0.15, -0.1) is 11.3 Å². The van der Waals surface area contributed by atoms with Crippen molar-refractivity contribution in [2.45, 2.75) is 39.4 Å². The van der Waals surface area contributed by atoms with Gasteiger partial charge in [-0.2, -0.15) is 0 Å². The lowest BCUT2D eigenvalue weighted by atomic mass is 10.1. The van der Waals surface area contributed by atoms with Gasteiger partial charge in [-0.05, 0) is 49.5 Å². The van der Waals surface area contributed by atoms with Gasteiger partial charge >= 0.3 is 0 Å². The van der Waals surface area contributed by atoms with E-state index in [-0.39, 0.29) is 0 Å². The SMILES string of the molecule is CCCNCc1ccc(CN(C)C(C)c2cccs2)cc1. The molecule has 114 valence electrons. The zero-order chi connectivity index (χ0) is 15.1. The van der Waals surface area contributed by atoms with Gasteiger partial charge in [-0.25, -0.2) is 0 Å². The topological polar surface area (TPSA) is 15.3 Å². The molecule has 2 rings (SSSR count). The zero-order valence-electron chi connectivity index (χ0n) is 13.3. The van der Waals surface area contributed by atoms with Crippen LogP contribution in [0, 0.1) is 0 Å². The molecule has 21 heavy (non-hydrogen) atoms. The van der Waals surface area contributed by atoms with Crippen molar-refractivity contribution >= 4 is 11.3 Å². The van der Waals surface area contributed by atoms with Crippen LogP contribution in [0.2, 0.25) is 0 Å². The molecule has 0 aliphatic carbocycles. The molecule has 0 spiro atoms. The van der Waals surface area contributed by atoms with Crippen molar-refractivity contribution in [3.8, 4) is 0 Å². The van der Waals surface area contributed by atoms with E-state index in [2.05, 4.69) is 72.9 Å². The summed E-state index contributed by atoms with van der Waals surface area (Å²) in [5.74, 6) is 0. The molecule has 1 N–H and O–H groups in total. The Kier molecular flexibility index (Phi) is 6.43. The number of hydrogen-bond donors (Lipinski definition) is 1. The average Bonchev–Trinajstić information content (AvgIpc) is 3.02. The normalized spacial score (nSPS) is 12.8. The van der Waals surface area contributed by atoms with Crippen LogP contribution >= 0.6 is 11.3 Å². The maximum atomic E-state index is 3.44. The van der Waals surface area contributed by atoms with E-state index in [1.165, 1.54) is 22.4 Å². The molecule has 0 fully saturated rings. The van der Waals surface area contributed by atoms with Gasteiger partial charge in [0, 0.05) is 24.0 Å². The Morgan fingerprint density at radius 2 is 1.86 bits per heavy atom. The van der Waals surface area contributed by atoms with Crippen LogP contribution < -0.4 is 5.32 Å². The summed E-state index contributed by atoms with van der Waals surface area (Å²) in [5.41, 5.74) is 2.74. The Morgan fingerprint density at radius 1 is 1.14 bits per heavy atom. The Morgan fingerprint density at radius 3 is 2.48 bits per heavy atom. The van der Waals surface area contributed by atoms with E-state index in [1.54, 1.807) is 0 Å². The highest BCUT2D eigenvalue weighted by Gasteiger charge is 2.12. The molecule has 1 aromatic carbocycles. The van der Waals surface area contributed by atoms with E-state index in [0.717, 1.165) is 19.6 Å². The van der Waals surface area contributed by atoms with Crippen molar-refractivity contribution < 1.29 is 0 Å². The minimum atomic E-state index is 0.468. The first-order chi connectivity index (χ1) is 10.2. The lowest BCUT2D eigenvalue weighted by Gasteiger charge is -2.24. The molecule has 2 aromatic rings. The van der Waals surface area contributed by atoms with E-state index in [0.29, 0.717) is 6.04 Å². The fraction of sp³-hybridized carbons (Fsp3) is 0.444.